The molecule has 0 bridgehead atoms. The van der Waals surface area contributed by atoms with Crippen molar-refractivity contribution in [2.45, 2.75) is 6.61 Å². The molecule has 0 aliphatic rings. The van der Waals surface area contributed by atoms with Gasteiger partial charge in [-0.1, -0.05) is 42.5 Å². The minimum absolute atomic E-state index is 0.262. The van der Waals surface area contributed by atoms with Crippen molar-refractivity contribution < 1.29 is 19.7 Å². The zero-order valence-corrected chi connectivity index (χ0v) is 10.2. The Bertz CT molecular complexity index is 564. The largest absolute Gasteiger partial charge is 0.435 e. The molecule has 19 heavy (non-hydrogen) atoms. The molecule has 2 N–H and O–H groups in total. The molecule has 4 nitrogen and oxygen atoms in total. The van der Waals surface area contributed by atoms with Gasteiger partial charge in [-0.05, 0) is 22.8 Å². The van der Waals surface area contributed by atoms with Crippen LogP contribution in [0, 0.1) is 0 Å². The van der Waals surface area contributed by atoms with Gasteiger partial charge in [0.2, 0.25) is 0 Å². The maximum Gasteiger partial charge on any atom is 0.340 e. The second-order valence-corrected chi connectivity index (χ2v) is 3.92. The first-order valence-electron chi connectivity index (χ1n) is 5.84. The number of hydrogen-bond donors (Lipinski definition) is 2. The number of aliphatic hydroxyl groups is 2. The van der Waals surface area contributed by atoms with Gasteiger partial charge in [0.1, 0.15) is 0 Å². The van der Waals surface area contributed by atoms with Gasteiger partial charge in [-0.2, -0.15) is 0 Å². The third-order valence-corrected chi connectivity index (χ3v) is 2.83. The van der Waals surface area contributed by atoms with Crippen molar-refractivity contribution in [1.82, 2.24) is 0 Å². The molecule has 0 heterocycles. The van der Waals surface area contributed by atoms with E-state index in [1.807, 2.05) is 36.4 Å². The summed E-state index contributed by atoms with van der Waals surface area (Å²) in [5, 5.41) is 18.1. The van der Waals surface area contributed by atoms with Gasteiger partial charge >= 0.3 is 5.97 Å². The van der Waals surface area contributed by atoms with Crippen molar-refractivity contribution in [2.75, 3.05) is 6.79 Å². The number of hydrogen-bond acceptors (Lipinski definition) is 4. The van der Waals surface area contributed by atoms with E-state index in [4.69, 9.17) is 5.11 Å². The summed E-state index contributed by atoms with van der Waals surface area (Å²) in [6.07, 6.45) is 0. The van der Waals surface area contributed by atoms with Gasteiger partial charge in [0.25, 0.3) is 0 Å². The highest BCUT2D eigenvalue weighted by Crippen LogP contribution is 2.26. The van der Waals surface area contributed by atoms with E-state index in [0.29, 0.717) is 5.56 Å². The number of carbonyl (C=O) groups excluding carboxylic acids is 1. The van der Waals surface area contributed by atoms with Crippen LogP contribution < -0.4 is 0 Å². The van der Waals surface area contributed by atoms with Crippen LogP contribution in [0.2, 0.25) is 0 Å². The number of benzene rings is 2. The number of carbonyl (C=O) groups is 1. The first-order valence-corrected chi connectivity index (χ1v) is 5.84. The Morgan fingerprint density at radius 1 is 1.00 bits per heavy atom. The average Bonchev–Trinajstić information content (AvgIpc) is 2.47. The van der Waals surface area contributed by atoms with Crippen molar-refractivity contribution in [2.24, 2.45) is 0 Å². The fourth-order valence-corrected chi connectivity index (χ4v) is 1.97. The molecule has 0 aliphatic carbocycles. The second-order valence-electron chi connectivity index (χ2n) is 3.92. The Hall–Kier alpha value is -2.17. The lowest BCUT2D eigenvalue weighted by Crippen LogP contribution is -2.10. The average molecular weight is 258 g/mol. The summed E-state index contributed by atoms with van der Waals surface area (Å²) < 4.78 is 4.57. The Labute approximate surface area is 110 Å². The number of rotatable bonds is 4. The molecule has 0 fully saturated rings. The van der Waals surface area contributed by atoms with Gasteiger partial charge in [0.15, 0.2) is 6.79 Å². The highest BCUT2D eigenvalue weighted by molar-refractivity contribution is 5.93. The number of aliphatic hydroxyl groups excluding tert-OH is 2. The molecule has 0 spiro atoms. The zero-order valence-electron chi connectivity index (χ0n) is 10.2. The minimum atomic E-state index is -0.681. The van der Waals surface area contributed by atoms with Crippen molar-refractivity contribution in [3.8, 4) is 11.1 Å². The number of ether oxygens (including phenoxy) is 1. The summed E-state index contributed by atoms with van der Waals surface area (Å²) in [5.74, 6) is -0.649. The van der Waals surface area contributed by atoms with E-state index in [0.717, 1.165) is 11.1 Å². The lowest BCUT2D eigenvalue weighted by molar-refractivity contribution is 0.00658. The Morgan fingerprint density at radius 2 is 1.74 bits per heavy atom. The van der Waals surface area contributed by atoms with Crippen LogP contribution in [0.5, 0.6) is 0 Å². The van der Waals surface area contributed by atoms with E-state index in [-0.39, 0.29) is 12.2 Å². The Morgan fingerprint density at radius 3 is 2.37 bits per heavy atom. The van der Waals surface area contributed by atoms with Crippen LogP contribution in [0.15, 0.2) is 48.5 Å². The molecule has 0 saturated carbocycles. The van der Waals surface area contributed by atoms with Crippen molar-refractivity contribution in [3.05, 3.63) is 59.7 Å². The summed E-state index contributed by atoms with van der Waals surface area (Å²) in [5.41, 5.74) is 2.44. The van der Waals surface area contributed by atoms with Crippen LogP contribution in [0.3, 0.4) is 0 Å². The fourth-order valence-electron chi connectivity index (χ4n) is 1.97. The third-order valence-electron chi connectivity index (χ3n) is 2.83. The van der Waals surface area contributed by atoms with Gasteiger partial charge in [0, 0.05) is 0 Å². The smallest absolute Gasteiger partial charge is 0.340 e. The van der Waals surface area contributed by atoms with Crippen LogP contribution in [0.4, 0.5) is 0 Å². The molecule has 0 radical (unpaired) electrons. The molecule has 4 heteroatoms. The molecule has 0 amide bonds. The Kier molecular flexibility index (Phi) is 4.28. The number of esters is 1. The van der Waals surface area contributed by atoms with Gasteiger partial charge in [-0.25, -0.2) is 4.79 Å². The van der Waals surface area contributed by atoms with Crippen molar-refractivity contribution in [3.63, 3.8) is 0 Å². The first-order chi connectivity index (χ1) is 9.27. The van der Waals surface area contributed by atoms with Crippen LogP contribution in [-0.2, 0) is 11.3 Å². The molecule has 0 saturated heterocycles. The van der Waals surface area contributed by atoms with E-state index in [1.54, 1.807) is 12.1 Å². The van der Waals surface area contributed by atoms with Gasteiger partial charge in [0.05, 0.1) is 12.2 Å². The molecule has 0 unspecified atom stereocenters. The molecular formula is C15H14O4. The normalized spacial score (nSPS) is 10.2. The zero-order chi connectivity index (χ0) is 13.7. The molecule has 0 atom stereocenters. The molecule has 2 rings (SSSR count). The highest BCUT2D eigenvalue weighted by Gasteiger charge is 2.15. The van der Waals surface area contributed by atoms with Gasteiger partial charge in [-0.15, -0.1) is 0 Å². The topological polar surface area (TPSA) is 66.8 Å². The van der Waals surface area contributed by atoms with Crippen LogP contribution in [-0.4, -0.2) is 23.0 Å². The third kappa shape index (κ3) is 2.81. The van der Waals surface area contributed by atoms with Crippen LogP contribution >= 0.6 is 0 Å². The van der Waals surface area contributed by atoms with E-state index >= 15 is 0 Å². The molecule has 0 aromatic heterocycles. The van der Waals surface area contributed by atoms with E-state index in [9.17, 15) is 9.90 Å². The van der Waals surface area contributed by atoms with Crippen LogP contribution in [0.25, 0.3) is 11.1 Å². The van der Waals surface area contributed by atoms with E-state index < -0.39 is 12.8 Å². The standard InChI is InChI=1S/C15H14O4/c16-9-14-12(11-5-2-1-3-6-11)7-4-8-13(14)15(18)19-10-17/h1-8,16-17H,9-10H2. The second kappa shape index (κ2) is 6.13. The molecule has 2 aromatic carbocycles. The molecular weight excluding hydrogens is 244 g/mol. The van der Waals surface area contributed by atoms with Gasteiger partial charge < -0.3 is 14.9 Å². The van der Waals surface area contributed by atoms with E-state index in [2.05, 4.69) is 4.74 Å². The SMILES string of the molecule is O=C(OCO)c1cccc(-c2ccccc2)c1CO. The first kappa shape index (κ1) is 13.3. The lowest BCUT2D eigenvalue weighted by Gasteiger charge is -2.12. The Balaban J connectivity index is 2.51. The van der Waals surface area contributed by atoms with E-state index in [1.165, 1.54) is 0 Å². The summed E-state index contributed by atoms with van der Waals surface area (Å²) in [6, 6.07) is 14.6. The summed E-state index contributed by atoms with van der Waals surface area (Å²) in [7, 11) is 0. The van der Waals surface area contributed by atoms with Gasteiger partial charge in [-0.3, -0.25) is 0 Å². The predicted octanol–water partition coefficient (Wildman–Crippen LogP) is 1.95. The fraction of sp³-hybridized carbons (Fsp3) is 0.133. The highest BCUT2D eigenvalue weighted by atomic mass is 16.6. The molecule has 98 valence electrons. The maximum absolute atomic E-state index is 11.7. The quantitative estimate of drug-likeness (QED) is 0.649. The summed E-state index contributed by atoms with van der Waals surface area (Å²) in [6.45, 7) is -0.958. The lowest BCUT2D eigenvalue weighted by atomic mass is 9.96. The molecule has 2 aromatic rings. The molecule has 0 aliphatic heterocycles. The van der Waals surface area contributed by atoms with Crippen molar-refractivity contribution in [1.29, 1.82) is 0 Å². The van der Waals surface area contributed by atoms with Crippen LogP contribution in [0.1, 0.15) is 15.9 Å². The summed E-state index contributed by atoms with van der Waals surface area (Å²) >= 11 is 0. The summed E-state index contributed by atoms with van der Waals surface area (Å²) in [4.78, 5) is 11.7. The predicted molar refractivity (Wildman–Crippen MR) is 70.3 cm³/mol. The minimum Gasteiger partial charge on any atom is -0.435 e. The van der Waals surface area contributed by atoms with Crippen molar-refractivity contribution >= 4 is 5.97 Å². The monoisotopic (exact) mass is 258 g/mol. The maximum atomic E-state index is 11.7.